The number of aromatic nitrogens is 4. The molecule has 31 heavy (non-hydrogen) atoms. The Kier molecular flexibility index (Phi) is 6.38. The van der Waals surface area contributed by atoms with E-state index in [1.54, 1.807) is 21.3 Å². The number of anilines is 1. The van der Waals surface area contributed by atoms with Crippen LogP contribution >= 0.6 is 0 Å². The molecule has 1 saturated heterocycles. The number of fused-ring (bicyclic) bond motifs is 1. The summed E-state index contributed by atoms with van der Waals surface area (Å²) in [6, 6.07) is 5.98. The molecule has 3 heterocycles. The van der Waals surface area contributed by atoms with Crippen molar-refractivity contribution in [2.24, 2.45) is 0 Å². The van der Waals surface area contributed by atoms with Gasteiger partial charge in [0.15, 0.2) is 28.5 Å². The van der Waals surface area contributed by atoms with Crippen molar-refractivity contribution < 1.29 is 18.9 Å². The SMILES string of the molecule is COc1nc(NCCN2CCOCC2)c2nc(C)n(-c3ccc(OC)c(OC)c3)c2n1. The molecule has 0 unspecified atom stereocenters. The van der Waals surface area contributed by atoms with Gasteiger partial charge in [-0.3, -0.25) is 9.47 Å². The number of rotatable bonds is 8. The Balaban J connectivity index is 1.68. The van der Waals surface area contributed by atoms with Crippen LogP contribution in [0.4, 0.5) is 5.82 Å². The lowest BCUT2D eigenvalue weighted by molar-refractivity contribution is 0.0398. The number of methoxy groups -OCH3 is 3. The smallest absolute Gasteiger partial charge is 0.320 e. The number of morpholine rings is 1. The van der Waals surface area contributed by atoms with Gasteiger partial charge in [-0.1, -0.05) is 0 Å². The molecule has 10 nitrogen and oxygen atoms in total. The summed E-state index contributed by atoms with van der Waals surface area (Å²) in [6.45, 7) is 7.00. The number of aryl methyl sites for hydroxylation is 1. The van der Waals surface area contributed by atoms with Crippen LogP contribution in [0, 0.1) is 6.92 Å². The molecule has 1 N–H and O–H groups in total. The highest BCUT2D eigenvalue weighted by atomic mass is 16.5. The summed E-state index contributed by atoms with van der Waals surface area (Å²) < 4.78 is 23.6. The number of ether oxygens (including phenoxy) is 4. The first-order valence-corrected chi connectivity index (χ1v) is 10.2. The highest BCUT2D eigenvalue weighted by Gasteiger charge is 2.19. The summed E-state index contributed by atoms with van der Waals surface area (Å²) in [5.74, 6) is 2.72. The van der Waals surface area contributed by atoms with Gasteiger partial charge in [-0.2, -0.15) is 9.97 Å². The minimum Gasteiger partial charge on any atom is -0.493 e. The molecule has 2 aromatic heterocycles. The van der Waals surface area contributed by atoms with Gasteiger partial charge >= 0.3 is 6.01 Å². The summed E-state index contributed by atoms with van der Waals surface area (Å²) >= 11 is 0. The Morgan fingerprint density at radius 2 is 1.77 bits per heavy atom. The molecule has 0 bridgehead atoms. The van der Waals surface area contributed by atoms with E-state index < -0.39 is 0 Å². The molecule has 1 fully saturated rings. The van der Waals surface area contributed by atoms with Crippen LogP contribution in [0.25, 0.3) is 16.9 Å². The van der Waals surface area contributed by atoms with Gasteiger partial charge in [-0.05, 0) is 19.1 Å². The van der Waals surface area contributed by atoms with Gasteiger partial charge < -0.3 is 24.3 Å². The first kappa shape index (κ1) is 21.1. The maximum atomic E-state index is 5.46. The van der Waals surface area contributed by atoms with E-state index in [2.05, 4.69) is 20.2 Å². The summed E-state index contributed by atoms with van der Waals surface area (Å²) in [5.41, 5.74) is 2.21. The van der Waals surface area contributed by atoms with Crippen molar-refractivity contribution in [3.63, 3.8) is 0 Å². The van der Waals surface area contributed by atoms with E-state index in [1.165, 1.54) is 0 Å². The largest absolute Gasteiger partial charge is 0.493 e. The maximum Gasteiger partial charge on any atom is 0.320 e. The van der Waals surface area contributed by atoms with E-state index in [9.17, 15) is 0 Å². The van der Waals surface area contributed by atoms with Gasteiger partial charge in [0.05, 0.1) is 40.2 Å². The van der Waals surface area contributed by atoms with Gasteiger partial charge in [0.1, 0.15) is 5.82 Å². The molecule has 0 spiro atoms. The van der Waals surface area contributed by atoms with E-state index in [1.807, 2.05) is 29.7 Å². The van der Waals surface area contributed by atoms with E-state index in [4.69, 9.17) is 23.9 Å². The van der Waals surface area contributed by atoms with Gasteiger partial charge in [-0.25, -0.2) is 4.98 Å². The highest BCUT2D eigenvalue weighted by Crippen LogP contribution is 2.32. The third-order valence-electron chi connectivity index (χ3n) is 5.29. The second-order valence-corrected chi connectivity index (χ2v) is 7.15. The van der Waals surface area contributed by atoms with Crippen molar-refractivity contribution in [1.82, 2.24) is 24.4 Å². The van der Waals surface area contributed by atoms with E-state index in [0.29, 0.717) is 28.5 Å². The lowest BCUT2D eigenvalue weighted by Crippen LogP contribution is -2.39. The lowest BCUT2D eigenvalue weighted by Gasteiger charge is -2.26. The highest BCUT2D eigenvalue weighted by molar-refractivity contribution is 5.85. The fourth-order valence-electron chi connectivity index (χ4n) is 3.69. The molecule has 4 rings (SSSR count). The molecule has 0 aliphatic carbocycles. The average molecular weight is 428 g/mol. The third-order valence-corrected chi connectivity index (χ3v) is 5.29. The number of nitrogens with zero attached hydrogens (tertiary/aromatic N) is 5. The standard InChI is InChI=1S/C21H28N6O4/c1-14-23-18-19(22-7-8-26-9-11-31-12-10-26)24-21(30-4)25-20(18)27(14)15-5-6-16(28-2)17(13-15)29-3/h5-6,13H,7-12H2,1-4H3,(H,22,24,25). The Morgan fingerprint density at radius 3 is 2.48 bits per heavy atom. The zero-order chi connectivity index (χ0) is 21.8. The van der Waals surface area contributed by atoms with Gasteiger partial charge in [0.2, 0.25) is 0 Å². The molecular formula is C21H28N6O4. The third kappa shape index (κ3) is 4.35. The van der Waals surface area contributed by atoms with Crippen LogP contribution in [-0.2, 0) is 4.74 Å². The molecule has 3 aromatic rings. The second kappa shape index (κ2) is 9.36. The molecule has 1 aromatic carbocycles. The molecular weight excluding hydrogens is 400 g/mol. The topological polar surface area (TPSA) is 95.8 Å². The number of hydrogen-bond acceptors (Lipinski definition) is 9. The predicted octanol–water partition coefficient (Wildman–Crippen LogP) is 1.89. The van der Waals surface area contributed by atoms with Crippen LogP contribution in [0.15, 0.2) is 18.2 Å². The summed E-state index contributed by atoms with van der Waals surface area (Å²) in [6.07, 6.45) is 0. The van der Waals surface area contributed by atoms with Gasteiger partial charge in [0.25, 0.3) is 0 Å². The van der Waals surface area contributed by atoms with E-state index in [0.717, 1.165) is 50.9 Å². The quantitative estimate of drug-likeness (QED) is 0.577. The number of nitrogens with one attached hydrogen (secondary N) is 1. The number of hydrogen-bond donors (Lipinski definition) is 1. The van der Waals surface area contributed by atoms with E-state index in [-0.39, 0.29) is 6.01 Å². The van der Waals surface area contributed by atoms with Gasteiger partial charge in [0, 0.05) is 32.2 Å². The molecule has 10 heteroatoms. The van der Waals surface area contributed by atoms with Crippen molar-refractivity contribution in [3.8, 4) is 23.2 Å². The zero-order valence-corrected chi connectivity index (χ0v) is 18.3. The molecule has 1 aliphatic rings. The minimum absolute atomic E-state index is 0.281. The molecule has 0 saturated carbocycles. The second-order valence-electron chi connectivity index (χ2n) is 7.15. The van der Waals surface area contributed by atoms with Crippen LogP contribution in [0.1, 0.15) is 5.82 Å². The van der Waals surface area contributed by atoms with Crippen molar-refractivity contribution in [1.29, 1.82) is 0 Å². The van der Waals surface area contributed by atoms with Crippen molar-refractivity contribution >= 4 is 17.0 Å². The summed E-state index contributed by atoms with van der Waals surface area (Å²) in [5, 5.41) is 3.41. The fraction of sp³-hybridized carbons (Fsp3) is 0.476. The minimum atomic E-state index is 0.281. The Labute approximate surface area is 181 Å². The zero-order valence-electron chi connectivity index (χ0n) is 18.3. The Morgan fingerprint density at radius 1 is 1.00 bits per heavy atom. The average Bonchev–Trinajstić information content (AvgIpc) is 3.15. The van der Waals surface area contributed by atoms with Crippen LogP contribution in [-0.4, -0.2) is 85.1 Å². The molecule has 0 atom stereocenters. The first-order chi connectivity index (χ1) is 15.1. The molecule has 1 aliphatic heterocycles. The van der Waals surface area contributed by atoms with Crippen LogP contribution < -0.4 is 19.5 Å². The van der Waals surface area contributed by atoms with E-state index >= 15 is 0 Å². The van der Waals surface area contributed by atoms with Crippen LogP contribution in [0.3, 0.4) is 0 Å². The van der Waals surface area contributed by atoms with Crippen molar-refractivity contribution in [3.05, 3.63) is 24.0 Å². The molecule has 166 valence electrons. The Bertz CT molecular complexity index is 1050. The normalized spacial score (nSPS) is 14.6. The summed E-state index contributed by atoms with van der Waals surface area (Å²) in [4.78, 5) is 16.2. The predicted molar refractivity (Wildman–Crippen MR) is 117 cm³/mol. The maximum absolute atomic E-state index is 5.46. The number of imidazole rings is 1. The summed E-state index contributed by atoms with van der Waals surface area (Å²) in [7, 11) is 4.78. The van der Waals surface area contributed by atoms with Crippen molar-refractivity contribution in [2.75, 3.05) is 66.0 Å². The molecule has 0 amide bonds. The molecule has 0 radical (unpaired) electrons. The monoisotopic (exact) mass is 428 g/mol. The fourth-order valence-corrected chi connectivity index (χ4v) is 3.69. The Hall–Kier alpha value is -3.11. The number of benzene rings is 1. The first-order valence-electron chi connectivity index (χ1n) is 10.2. The van der Waals surface area contributed by atoms with Gasteiger partial charge in [-0.15, -0.1) is 0 Å². The van der Waals surface area contributed by atoms with Crippen LogP contribution in [0.5, 0.6) is 17.5 Å². The lowest BCUT2D eigenvalue weighted by atomic mass is 10.2. The van der Waals surface area contributed by atoms with Crippen LogP contribution in [0.2, 0.25) is 0 Å². The van der Waals surface area contributed by atoms with Crippen molar-refractivity contribution in [2.45, 2.75) is 6.92 Å².